The van der Waals surface area contributed by atoms with Gasteiger partial charge >= 0.3 is 6.09 Å². The third-order valence-corrected chi connectivity index (χ3v) is 2.88. The molecule has 116 valence electrons. The predicted octanol–water partition coefficient (Wildman–Crippen LogP) is 3.35. The lowest BCUT2D eigenvalue weighted by Gasteiger charge is -2.09. The van der Waals surface area contributed by atoms with Gasteiger partial charge in [-0.2, -0.15) is 5.26 Å². The van der Waals surface area contributed by atoms with Gasteiger partial charge in [0.05, 0.1) is 4.92 Å². The van der Waals surface area contributed by atoms with E-state index >= 15 is 0 Å². The molecule has 0 aromatic heterocycles. The summed E-state index contributed by atoms with van der Waals surface area (Å²) in [4.78, 5) is 21.9. The molecule has 0 bridgehead atoms. The molecule has 0 unspecified atom stereocenters. The molecule has 0 aliphatic heterocycles. The second-order valence-corrected chi connectivity index (χ2v) is 4.37. The number of nitrogens with one attached hydrogen (secondary N) is 1. The molecule has 0 fully saturated rings. The Balaban J connectivity index is 2.18. The molecule has 1 amide bonds. The molecule has 0 spiro atoms. The molecule has 0 aliphatic rings. The van der Waals surface area contributed by atoms with Crippen LogP contribution in [0, 0.1) is 27.3 Å². The minimum atomic E-state index is -1.03. The number of rotatable bonds is 4. The first-order valence-corrected chi connectivity index (χ1v) is 6.37. The molecule has 8 heteroatoms. The molecular weight excluding hydrogens is 305 g/mol. The average molecular weight is 315 g/mol. The van der Waals surface area contributed by atoms with Crippen LogP contribution in [-0.4, -0.2) is 11.0 Å². The summed E-state index contributed by atoms with van der Waals surface area (Å²) in [6.07, 6.45) is -1.03. The second kappa shape index (κ2) is 7.00. The number of carbonyl (C=O) groups is 1. The summed E-state index contributed by atoms with van der Waals surface area (Å²) in [5.41, 5.74) is -1.05. The van der Waals surface area contributed by atoms with Crippen molar-refractivity contribution in [2.24, 2.45) is 0 Å². The predicted molar refractivity (Wildman–Crippen MR) is 78.0 cm³/mol. The van der Waals surface area contributed by atoms with Crippen molar-refractivity contribution < 1.29 is 18.8 Å². The summed E-state index contributed by atoms with van der Waals surface area (Å²) in [6, 6.07) is 11.9. The number of ether oxygens (including phenoxy) is 1. The highest BCUT2D eigenvalue weighted by molar-refractivity contribution is 5.90. The van der Waals surface area contributed by atoms with E-state index in [1.807, 2.05) is 0 Å². The molecule has 0 radical (unpaired) electrons. The van der Waals surface area contributed by atoms with Crippen LogP contribution in [0.2, 0.25) is 0 Å². The molecule has 2 rings (SSSR count). The second-order valence-electron chi connectivity index (χ2n) is 4.37. The highest BCUT2D eigenvalue weighted by Crippen LogP contribution is 2.30. The summed E-state index contributed by atoms with van der Waals surface area (Å²) in [6.45, 7) is -0.0718. The Morgan fingerprint density at radius 1 is 1.30 bits per heavy atom. The zero-order valence-corrected chi connectivity index (χ0v) is 11.7. The van der Waals surface area contributed by atoms with Crippen LogP contribution in [0.25, 0.3) is 0 Å². The normalized spacial score (nSPS) is 9.74. The smallest absolute Gasteiger partial charge is 0.412 e. The Morgan fingerprint density at radius 3 is 2.61 bits per heavy atom. The van der Waals surface area contributed by atoms with E-state index in [1.54, 1.807) is 30.3 Å². The van der Waals surface area contributed by atoms with E-state index in [0.717, 1.165) is 12.1 Å². The fourth-order valence-electron chi connectivity index (χ4n) is 1.82. The van der Waals surface area contributed by atoms with E-state index in [0.29, 0.717) is 5.56 Å². The summed E-state index contributed by atoms with van der Waals surface area (Å²) < 4.78 is 18.5. The number of benzene rings is 2. The van der Waals surface area contributed by atoms with Crippen molar-refractivity contribution in [2.45, 2.75) is 6.61 Å². The van der Waals surface area contributed by atoms with Crippen molar-refractivity contribution in [3.63, 3.8) is 0 Å². The number of hydrogen-bond acceptors (Lipinski definition) is 5. The first kappa shape index (κ1) is 15.9. The first-order chi connectivity index (χ1) is 11.0. The van der Waals surface area contributed by atoms with Gasteiger partial charge < -0.3 is 4.74 Å². The topological polar surface area (TPSA) is 105 Å². The van der Waals surface area contributed by atoms with E-state index in [1.165, 1.54) is 6.07 Å². The number of hydrogen-bond donors (Lipinski definition) is 1. The number of halogens is 1. The van der Waals surface area contributed by atoms with Gasteiger partial charge in [0.1, 0.15) is 29.7 Å². The fourth-order valence-corrected chi connectivity index (χ4v) is 1.82. The van der Waals surface area contributed by atoms with Crippen LogP contribution < -0.4 is 5.32 Å². The maximum absolute atomic E-state index is 13.6. The van der Waals surface area contributed by atoms with Crippen molar-refractivity contribution in [3.8, 4) is 6.07 Å². The van der Waals surface area contributed by atoms with E-state index in [4.69, 9.17) is 10.00 Å². The third-order valence-electron chi connectivity index (χ3n) is 2.88. The first-order valence-electron chi connectivity index (χ1n) is 6.37. The molecule has 0 saturated heterocycles. The van der Waals surface area contributed by atoms with Crippen LogP contribution in [-0.2, 0) is 11.3 Å². The maximum atomic E-state index is 13.6. The van der Waals surface area contributed by atoms with Gasteiger partial charge in [-0.05, 0) is 11.6 Å². The molecular formula is C15H10FN3O4. The monoisotopic (exact) mass is 315 g/mol. The molecule has 0 saturated carbocycles. The van der Waals surface area contributed by atoms with Crippen molar-refractivity contribution in [2.75, 3.05) is 5.32 Å². The van der Waals surface area contributed by atoms with E-state index < -0.39 is 33.8 Å². The van der Waals surface area contributed by atoms with Crippen LogP contribution in [0.1, 0.15) is 11.1 Å². The molecule has 23 heavy (non-hydrogen) atoms. The summed E-state index contributed by atoms with van der Waals surface area (Å²) in [5.74, 6) is -0.976. The van der Waals surface area contributed by atoms with Gasteiger partial charge in [0, 0.05) is 6.07 Å². The van der Waals surface area contributed by atoms with Crippen LogP contribution >= 0.6 is 0 Å². The molecule has 0 atom stereocenters. The summed E-state index contributed by atoms with van der Waals surface area (Å²) >= 11 is 0. The zero-order chi connectivity index (χ0) is 16.8. The molecule has 1 N–H and O–H groups in total. The minimum absolute atomic E-state index is 0.0718. The summed E-state index contributed by atoms with van der Waals surface area (Å²) in [5, 5.41) is 21.9. The van der Waals surface area contributed by atoms with Crippen molar-refractivity contribution in [3.05, 3.63) is 69.5 Å². The number of carbonyl (C=O) groups excluding carboxylic acids is 1. The molecule has 0 heterocycles. The Labute approximate surface area is 130 Å². The van der Waals surface area contributed by atoms with E-state index in [2.05, 4.69) is 5.32 Å². The van der Waals surface area contributed by atoms with Crippen LogP contribution in [0.4, 0.5) is 20.6 Å². The van der Waals surface area contributed by atoms with Gasteiger partial charge in [0.25, 0.3) is 5.69 Å². The van der Waals surface area contributed by atoms with E-state index in [9.17, 15) is 19.3 Å². The number of nitro benzene ring substituents is 1. The Kier molecular flexibility index (Phi) is 4.84. The highest BCUT2D eigenvalue weighted by atomic mass is 19.1. The lowest BCUT2D eigenvalue weighted by molar-refractivity contribution is -0.384. The molecule has 0 aliphatic carbocycles. The van der Waals surface area contributed by atoms with Gasteiger partial charge in [0.15, 0.2) is 0 Å². The van der Waals surface area contributed by atoms with Crippen molar-refractivity contribution in [1.29, 1.82) is 5.26 Å². The average Bonchev–Trinajstić information content (AvgIpc) is 2.54. The lowest BCUT2D eigenvalue weighted by atomic mass is 10.1. The SMILES string of the molecule is N#Cc1c(F)ccc([N+](=O)[O-])c1NC(=O)OCc1ccccc1. The minimum Gasteiger partial charge on any atom is -0.444 e. The van der Waals surface area contributed by atoms with Crippen molar-refractivity contribution >= 4 is 17.5 Å². The number of nitrogens with zero attached hydrogens (tertiary/aromatic N) is 2. The zero-order valence-electron chi connectivity index (χ0n) is 11.7. The van der Waals surface area contributed by atoms with Gasteiger partial charge in [-0.3, -0.25) is 15.4 Å². The van der Waals surface area contributed by atoms with Crippen molar-refractivity contribution in [1.82, 2.24) is 0 Å². The molecule has 2 aromatic carbocycles. The molecule has 2 aromatic rings. The Bertz CT molecular complexity index is 787. The summed E-state index contributed by atoms with van der Waals surface area (Å²) in [7, 11) is 0. The Hall–Kier alpha value is -3.47. The van der Waals surface area contributed by atoms with Gasteiger partial charge in [0.2, 0.25) is 0 Å². The largest absolute Gasteiger partial charge is 0.444 e. The number of nitriles is 1. The fraction of sp³-hybridized carbons (Fsp3) is 0.0667. The maximum Gasteiger partial charge on any atom is 0.412 e. The number of amides is 1. The van der Waals surface area contributed by atoms with Crippen LogP contribution in [0.15, 0.2) is 42.5 Å². The lowest BCUT2D eigenvalue weighted by Crippen LogP contribution is -2.16. The highest BCUT2D eigenvalue weighted by Gasteiger charge is 2.23. The van der Waals surface area contributed by atoms with Crippen LogP contribution in [0.5, 0.6) is 0 Å². The van der Waals surface area contributed by atoms with Crippen LogP contribution in [0.3, 0.4) is 0 Å². The number of anilines is 1. The van der Waals surface area contributed by atoms with Gasteiger partial charge in [-0.15, -0.1) is 0 Å². The van der Waals surface area contributed by atoms with E-state index in [-0.39, 0.29) is 6.61 Å². The standard InChI is InChI=1S/C15H10FN3O4/c16-12-6-7-13(19(21)22)14(11(12)8-17)18-15(20)23-9-10-4-2-1-3-5-10/h1-7H,9H2,(H,18,20). The third kappa shape index (κ3) is 3.79. The van der Waals surface area contributed by atoms with Gasteiger partial charge in [-0.25, -0.2) is 9.18 Å². The Morgan fingerprint density at radius 2 is 2.00 bits per heavy atom. The number of nitro groups is 1. The van der Waals surface area contributed by atoms with Gasteiger partial charge in [-0.1, -0.05) is 30.3 Å². The quantitative estimate of drug-likeness (QED) is 0.688. The molecule has 7 nitrogen and oxygen atoms in total.